The number of hydrogen-bond acceptors (Lipinski definition) is 14. The van der Waals surface area contributed by atoms with E-state index in [1.807, 2.05) is 10.7 Å². The molecule has 0 unspecified atom stereocenters. The summed E-state index contributed by atoms with van der Waals surface area (Å²) < 4.78 is 161. The first-order valence-corrected chi connectivity index (χ1v) is 25.5. The number of rotatable bonds is 20. The summed E-state index contributed by atoms with van der Waals surface area (Å²) in [7, 11) is 1.60. The molecule has 2 aromatic carbocycles. The molecule has 0 radical (unpaired) electrons. The van der Waals surface area contributed by atoms with Crippen molar-refractivity contribution in [2.24, 2.45) is 10.8 Å². The van der Waals surface area contributed by atoms with Crippen molar-refractivity contribution in [1.82, 2.24) is 51.0 Å². The minimum Gasteiger partial charge on any atom is -0.453 e. The van der Waals surface area contributed by atoms with Crippen LogP contribution in [0.4, 0.5) is 59.4 Å². The van der Waals surface area contributed by atoms with E-state index >= 15 is 8.78 Å². The van der Waals surface area contributed by atoms with E-state index in [0.717, 1.165) is 43.8 Å². The number of ether oxygens (including phenoxy) is 3. The highest BCUT2D eigenvalue weighted by Crippen LogP contribution is 2.42. The number of piperazine rings is 1. The number of anilines is 1. The maximum absolute atomic E-state index is 16.1. The van der Waals surface area contributed by atoms with Crippen molar-refractivity contribution in [3.8, 4) is 23.1 Å². The Morgan fingerprint density at radius 3 is 1.85 bits per heavy atom. The number of hydrazine groups is 1. The lowest BCUT2D eigenvalue weighted by Crippen LogP contribution is -2.63. The zero-order chi connectivity index (χ0) is 60.6. The SMILES string of the molecule is COC(=O)N[C@H](C(=O)N[C@@H](Cc1ccc(C#Cc2cnc(N3C[C@@H](C)N(C4COC4)C[C@H]3C)nc2)cc1)[C@@H](O)CN(Cc1c(F)cc(-c2ccn(CC(F)F)n2)cc1F)NC(=O)[C@@H](NC(=O)OC)C(C)(C)C(F)(F)F)C(C)(C)C(F)(F)F. The fraction of sp³-hybridized carbons (Fsp3) is 0.528. The van der Waals surface area contributed by atoms with Gasteiger partial charge in [-0.1, -0.05) is 24.0 Å². The molecule has 2 aliphatic heterocycles. The van der Waals surface area contributed by atoms with Crippen LogP contribution in [0.5, 0.6) is 0 Å². The number of carbonyl (C=O) groups is 4. The average molecular weight is 1170 g/mol. The van der Waals surface area contributed by atoms with E-state index in [0.29, 0.717) is 75.6 Å². The molecular formula is C53H63F10N11O8. The van der Waals surface area contributed by atoms with Crippen LogP contribution in [0.15, 0.2) is 61.1 Å². The maximum Gasteiger partial charge on any atom is 0.407 e. The molecule has 4 heterocycles. The van der Waals surface area contributed by atoms with Crippen molar-refractivity contribution in [2.75, 3.05) is 52.0 Å². The zero-order valence-electron chi connectivity index (χ0n) is 45.8. The number of alkyl halides is 8. The second kappa shape index (κ2) is 26.3. The fourth-order valence-corrected chi connectivity index (χ4v) is 8.96. The van der Waals surface area contributed by atoms with Crippen LogP contribution < -0.4 is 26.3 Å². The normalized spacial score (nSPS) is 17.9. The summed E-state index contributed by atoms with van der Waals surface area (Å²) in [5, 5.41) is 22.4. The molecule has 5 N–H and O–H groups in total. The topological polar surface area (TPSA) is 218 Å². The number of aliphatic hydroxyl groups is 1. The van der Waals surface area contributed by atoms with Gasteiger partial charge in [-0.3, -0.25) is 24.6 Å². The molecule has 4 amide bonds. The molecule has 0 bridgehead atoms. The number of aromatic nitrogens is 4. The fourth-order valence-electron chi connectivity index (χ4n) is 8.96. The number of benzene rings is 2. The molecule has 2 fully saturated rings. The van der Waals surface area contributed by atoms with Crippen LogP contribution in [0.1, 0.15) is 63.8 Å². The molecular weight excluding hydrogens is 1110 g/mol. The number of nitrogens with zero attached hydrogens (tertiary/aromatic N) is 7. The predicted molar refractivity (Wildman–Crippen MR) is 274 cm³/mol. The molecule has 6 rings (SSSR count). The van der Waals surface area contributed by atoms with Gasteiger partial charge < -0.3 is 40.2 Å². The third-order valence-electron chi connectivity index (χ3n) is 14.3. The van der Waals surface area contributed by atoms with Gasteiger partial charge in [0.1, 0.15) is 30.3 Å². The third kappa shape index (κ3) is 15.6. The lowest BCUT2D eigenvalue weighted by Gasteiger charge is -2.49. The molecule has 0 saturated carbocycles. The first-order valence-electron chi connectivity index (χ1n) is 25.5. The predicted octanol–water partition coefficient (Wildman–Crippen LogP) is 6.13. The molecule has 6 atom stereocenters. The quantitative estimate of drug-likeness (QED) is 0.0383. The lowest BCUT2D eigenvalue weighted by atomic mass is 9.82. The van der Waals surface area contributed by atoms with Crippen molar-refractivity contribution in [3.05, 3.63) is 94.9 Å². The first-order chi connectivity index (χ1) is 38.3. The van der Waals surface area contributed by atoms with Crippen LogP contribution in [-0.2, 0) is 43.3 Å². The van der Waals surface area contributed by atoms with Crippen molar-refractivity contribution in [2.45, 2.75) is 122 Å². The van der Waals surface area contributed by atoms with Crippen LogP contribution in [0.25, 0.3) is 11.3 Å². The molecule has 29 heteroatoms. The van der Waals surface area contributed by atoms with Gasteiger partial charge in [-0.05, 0) is 83.9 Å². The smallest absolute Gasteiger partial charge is 0.407 e. The van der Waals surface area contributed by atoms with Gasteiger partial charge in [0.2, 0.25) is 11.9 Å². The van der Waals surface area contributed by atoms with Crippen LogP contribution in [0.2, 0.25) is 0 Å². The summed E-state index contributed by atoms with van der Waals surface area (Å²) >= 11 is 0. The van der Waals surface area contributed by atoms with Gasteiger partial charge in [0.05, 0.1) is 67.7 Å². The second-order valence-electron chi connectivity index (χ2n) is 21.0. The zero-order valence-corrected chi connectivity index (χ0v) is 45.8. The monoisotopic (exact) mass is 1170 g/mol. The number of methoxy groups -OCH3 is 2. The highest BCUT2D eigenvalue weighted by molar-refractivity contribution is 5.87. The number of nitrogens with one attached hydrogen (secondary N) is 4. The average Bonchev–Trinajstić information content (AvgIpc) is 3.72. The van der Waals surface area contributed by atoms with Crippen LogP contribution in [0.3, 0.4) is 0 Å². The highest BCUT2D eigenvalue weighted by atomic mass is 19.4. The number of halogens is 10. The maximum atomic E-state index is 16.1. The Labute approximate surface area is 465 Å². The van der Waals surface area contributed by atoms with Crippen molar-refractivity contribution >= 4 is 29.9 Å². The Kier molecular flexibility index (Phi) is 20.5. The van der Waals surface area contributed by atoms with Crippen molar-refractivity contribution in [3.63, 3.8) is 0 Å². The molecule has 82 heavy (non-hydrogen) atoms. The number of carbonyl (C=O) groups excluding carboxylic acids is 4. The first kappa shape index (κ1) is 63.9. The third-order valence-corrected chi connectivity index (χ3v) is 14.3. The summed E-state index contributed by atoms with van der Waals surface area (Å²) in [5.74, 6) is 0.464. The molecule has 2 aliphatic rings. The summed E-state index contributed by atoms with van der Waals surface area (Å²) in [6, 6.07) is 2.55. The van der Waals surface area contributed by atoms with E-state index in [2.05, 4.69) is 65.3 Å². The molecule has 448 valence electrons. The van der Waals surface area contributed by atoms with Gasteiger partial charge in [0.25, 0.3) is 12.3 Å². The van der Waals surface area contributed by atoms with E-state index in [9.17, 15) is 59.4 Å². The lowest BCUT2D eigenvalue weighted by molar-refractivity contribution is -0.221. The van der Waals surface area contributed by atoms with E-state index < -0.39 is 121 Å². The van der Waals surface area contributed by atoms with E-state index in [1.165, 1.54) is 30.3 Å². The summed E-state index contributed by atoms with van der Waals surface area (Å²) in [5.41, 5.74) is -4.30. The van der Waals surface area contributed by atoms with Crippen molar-refractivity contribution in [1.29, 1.82) is 0 Å². The molecule has 4 aromatic rings. The van der Waals surface area contributed by atoms with Gasteiger partial charge in [-0.15, -0.1) is 0 Å². The minimum atomic E-state index is -5.23. The number of alkyl carbamates (subject to hydrolysis) is 2. The molecule has 0 aliphatic carbocycles. The Hall–Kier alpha value is -7.29. The second-order valence-corrected chi connectivity index (χ2v) is 21.0. The largest absolute Gasteiger partial charge is 0.453 e. The van der Waals surface area contributed by atoms with Gasteiger partial charge in [0, 0.05) is 73.5 Å². The number of hydrogen-bond donors (Lipinski definition) is 5. The summed E-state index contributed by atoms with van der Waals surface area (Å²) in [4.78, 5) is 66.6. The minimum absolute atomic E-state index is 0.118. The number of amides is 4. The molecule has 0 spiro atoms. The van der Waals surface area contributed by atoms with E-state index in [-0.39, 0.29) is 28.9 Å². The molecule has 19 nitrogen and oxygen atoms in total. The van der Waals surface area contributed by atoms with Gasteiger partial charge in [0.15, 0.2) is 0 Å². The van der Waals surface area contributed by atoms with E-state index in [1.54, 1.807) is 17.7 Å². The van der Waals surface area contributed by atoms with Gasteiger partial charge >= 0.3 is 24.5 Å². The molecule has 2 aromatic heterocycles. The Morgan fingerprint density at radius 1 is 0.793 bits per heavy atom. The van der Waals surface area contributed by atoms with Crippen molar-refractivity contribution < 1.29 is 82.4 Å². The Bertz CT molecular complexity index is 2910. The van der Waals surface area contributed by atoms with E-state index in [4.69, 9.17) is 4.74 Å². The van der Waals surface area contributed by atoms with Gasteiger partial charge in [-0.25, -0.2) is 42.1 Å². The molecule has 2 saturated heterocycles. The summed E-state index contributed by atoms with van der Waals surface area (Å²) in [6.07, 6.45) is -14.6. The van der Waals surface area contributed by atoms with Crippen LogP contribution in [0, 0.1) is 34.3 Å². The highest BCUT2D eigenvalue weighted by Gasteiger charge is 2.57. The van der Waals surface area contributed by atoms with Gasteiger partial charge in [-0.2, -0.15) is 31.4 Å². The standard InChI is InChI=1S/C53H63F10N11O8/c1-29-23-74(30(2)22-73(29)35-27-82-28-35)47-64-20-33(21-65-47)14-11-31-9-12-32(13-10-31)17-40(66-45(76)43(67-48(78)80-7)50(3,4)52(58,59)60)41(75)25-72(70-46(77)44(68-49(79)81-8)51(5,6)53(61,62)63)24-36-37(54)18-34(19-38(36)55)39-15-16-71(69-39)26-42(56)57/h9-10,12-13,15-16,18-21,29-30,35,40-44,75H,17,22-28H2,1-8H3,(H,66,76)(H,67,78)(H,68,79)(H,70,77)/t29-,30-,40+,41+,43-,44-/m1/s1. The number of aliphatic hydroxyl groups excluding tert-OH is 1. The van der Waals surface area contributed by atoms with Crippen LogP contribution >= 0.6 is 0 Å². The van der Waals surface area contributed by atoms with Crippen LogP contribution in [-0.4, -0.2) is 167 Å². The Morgan fingerprint density at radius 2 is 1.34 bits per heavy atom. The Balaban J connectivity index is 1.33. The summed E-state index contributed by atoms with van der Waals surface area (Å²) in [6.45, 7) is 6.27.